The van der Waals surface area contributed by atoms with Crippen LogP contribution in [0.15, 0.2) is 66.9 Å². The lowest BCUT2D eigenvalue weighted by Crippen LogP contribution is -2.33. The molecule has 0 bridgehead atoms. The second kappa shape index (κ2) is 10.3. The van der Waals surface area contributed by atoms with Crippen molar-refractivity contribution in [3.63, 3.8) is 0 Å². The molecule has 176 valence electrons. The Kier molecular flexibility index (Phi) is 7.23. The second-order valence-electron chi connectivity index (χ2n) is 8.15. The highest BCUT2D eigenvalue weighted by Crippen LogP contribution is 2.39. The monoisotopic (exact) mass is 478 g/mol. The Morgan fingerprint density at radius 2 is 1.68 bits per heavy atom. The summed E-state index contributed by atoms with van der Waals surface area (Å²) in [6.45, 7) is 7.74. The van der Waals surface area contributed by atoms with Crippen LogP contribution in [0.4, 0.5) is 9.18 Å². The maximum atomic E-state index is 13.9. The predicted octanol–water partition coefficient (Wildman–Crippen LogP) is 7.55. The zero-order chi connectivity index (χ0) is 24.2. The molecule has 3 aromatic carbocycles. The van der Waals surface area contributed by atoms with E-state index in [0.717, 1.165) is 17.3 Å². The normalized spacial score (nSPS) is 11.1. The number of carbonyl (C=O) groups is 1. The third-order valence-corrected chi connectivity index (χ3v) is 6.42. The first-order valence-corrected chi connectivity index (χ1v) is 11.9. The molecule has 0 saturated carbocycles. The van der Waals surface area contributed by atoms with E-state index in [1.165, 1.54) is 17.2 Å². The van der Waals surface area contributed by atoms with Gasteiger partial charge >= 0.3 is 6.09 Å². The number of aromatic nitrogens is 1. The van der Waals surface area contributed by atoms with Crippen molar-refractivity contribution in [2.75, 3.05) is 13.1 Å². The van der Waals surface area contributed by atoms with Gasteiger partial charge in [0.15, 0.2) is 0 Å². The maximum Gasteiger partial charge on any atom is 0.415 e. The fraction of sp³-hybridized carbons (Fsp3) is 0.250. The highest BCUT2D eigenvalue weighted by atomic mass is 35.5. The van der Waals surface area contributed by atoms with E-state index in [1.807, 2.05) is 32.2 Å². The molecule has 0 fully saturated rings. The van der Waals surface area contributed by atoms with Crippen LogP contribution in [-0.4, -0.2) is 28.6 Å². The summed E-state index contributed by atoms with van der Waals surface area (Å²) in [5.41, 5.74) is 4.87. The standard InChI is InChI=1S/C28H28ClFN2O2/c1-4-19-7-9-20(10-8-19)18-32-16-15-22-25(32)13-14-26(34-28(33)31(5-2)6-3)27(22)21-11-12-24(30)23(29)17-21/h7-17H,4-6,18H2,1-3H3. The Morgan fingerprint density at radius 1 is 0.971 bits per heavy atom. The molecular formula is C28H28ClFN2O2. The van der Waals surface area contributed by atoms with Gasteiger partial charge in [-0.15, -0.1) is 0 Å². The Bertz CT molecular complexity index is 1310. The minimum atomic E-state index is -0.493. The van der Waals surface area contributed by atoms with E-state index in [-0.39, 0.29) is 5.02 Å². The van der Waals surface area contributed by atoms with Gasteiger partial charge in [0.2, 0.25) is 0 Å². The summed E-state index contributed by atoms with van der Waals surface area (Å²) < 4.78 is 21.9. The average Bonchev–Trinajstić information content (AvgIpc) is 3.24. The van der Waals surface area contributed by atoms with Gasteiger partial charge in [-0.05, 0) is 67.3 Å². The lowest BCUT2D eigenvalue weighted by Gasteiger charge is -2.20. The first-order valence-electron chi connectivity index (χ1n) is 11.6. The van der Waals surface area contributed by atoms with Crippen LogP contribution >= 0.6 is 11.6 Å². The van der Waals surface area contributed by atoms with Gasteiger partial charge < -0.3 is 14.2 Å². The Balaban J connectivity index is 1.80. The first kappa shape index (κ1) is 23.8. The number of fused-ring (bicyclic) bond motifs is 1. The fourth-order valence-electron chi connectivity index (χ4n) is 4.14. The molecule has 0 aliphatic heterocycles. The summed E-state index contributed by atoms with van der Waals surface area (Å²) in [6, 6.07) is 18.9. The SMILES string of the molecule is CCc1ccc(Cn2ccc3c(-c4ccc(F)c(Cl)c4)c(OC(=O)N(CC)CC)ccc32)cc1. The van der Waals surface area contributed by atoms with Crippen molar-refractivity contribution < 1.29 is 13.9 Å². The van der Waals surface area contributed by atoms with Crippen LogP contribution < -0.4 is 4.74 Å². The number of nitrogens with zero attached hydrogens (tertiary/aromatic N) is 2. The number of hydrogen-bond acceptors (Lipinski definition) is 2. The van der Waals surface area contributed by atoms with Crippen molar-refractivity contribution >= 4 is 28.6 Å². The molecule has 0 atom stereocenters. The van der Waals surface area contributed by atoms with Crippen molar-refractivity contribution in [1.82, 2.24) is 9.47 Å². The topological polar surface area (TPSA) is 34.5 Å². The molecule has 0 aliphatic carbocycles. The Hall–Kier alpha value is -3.31. The molecule has 4 aromatic rings. The van der Waals surface area contributed by atoms with E-state index in [0.29, 0.717) is 36.5 Å². The molecule has 0 N–H and O–H groups in total. The smallest absolute Gasteiger partial charge is 0.410 e. The molecule has 34 heavy (non-hydrogen) atoms. The van der Waals surface area contributed by atoms with Gasteiger partial charge in [-0.25, -0.2) is 9.18 Å². The van der Waals surface area contributed by atoms with E-state index in [9.17, 15) is 9.18 Å². The number of rotatable bonds is 7. The number of ether oxygens (including phenoxy) is 1. The van der Waals surface area contributed by atoms with Gasteiger partial charge in [-0.2, -0.15) is 0 Å². The predicted molar refractivity (Wildman–Crippen MR) is 136 cm³/mol. The van der Waals surface area contributed by atoms with Gasteiger partial charge in [0.1, 0.15) is 11.6 Å². The van der Waals surface area contributed by atoms with Crippen molar-refractivity contribution in [2.45, 2.75) is 33.7 Å². The number of halogens is 2. The summed E-state index contributed by atoms with van der Waals surface area (Å²) in [5.74, 6) is -0.0792. The van der Waals surface area contributed by atoms with Crippen molar-refractivity contribution in [1.29, 1.82) is 0 Å². The molecule has 0 saturated heterocycles. The first-order chi connectivity index (χ1) is 16.4. The van der Waals surface area contributed by atoms with E-state index in [1.54, 1.807) is 23.1 Å². The van der Waals surface area contributed by atoms with Gasteiger partial charge in [-0.3, -0.25) is 0 Å². The number of hydrogen-bond donors (Lipinski definition) is 0. The number of aryl methyl sites for hydroxylation is 1. The quantitative estimate of drug-likeness (QED) is 0.275. The highest BCUT2D eigenvalue weighted by Gasteiger charge is 2.20. The van der Waals surface area contributed by atoms with E-state index >= 15 is 0 Å². The minimum Gasteiger partial charge on any atom is -0.410 e. The Morgan fingerprint density at radius 3 is 2.32 bits per heavy atom. The van der Waals surface area contributed by atoms with E-state index in [4.69, 9.17) is 16.3 Å². The zero-order valence-corrected chi connectivity index (χ0v) is 20.4. The molecule has 1 heterocycles. The molecule has 4 rings (SSSR count). The van der Waals surface area contributed by atoms with Crippen LogP contribution in [0.3, 0.4) is 0 Å². The third kappa shape index (κ3) is 4.80. The summed E-state index contributed by atoms with van der Waals surface area (Å²) in [5, 5.41) is 0.920. The Labute approximate surface area is 204 Å². The molecule has 1 aromatic heterocycles. The summed E-state index contributed by atoms with van der Waals surface area (Å²) >= 11 is 6.11. The molecule has 1 amide bonds. The molecule has 0 radical (unpaired) electrons. The van der Waals surface area contributed by atoms with Crippen LogP contribution in [0.1, 0.15) is 31.9 Å². The van der Waals surface area contributed by atoms with Crippen molar-refractivity contribution in [3.05, 3.63) is 88.8 Å². The van der Waals surface area contributed by atoms with Crippen LogP contribution in [-0.2, 0) is 13.0 Å². The van der Waals surface area contributed by atoms with Crippen LogP contribution in [0.2, 0.25) is 5.02 Å². The maximum absolute atomic E-state index is 13.9. The van der Waals surface area contributed by atoms with Crippen LogP contribution in [0, 0.1) is 5.82 Å². The second-order valence-corrected chi connectivity index (χ2v) is 8.56. The van der Waals surface area contributed by atoms with Gasteiger partial charge in [0.25, 0.3) is 0 Å². The molecule has 0 spiro atoms. The minimum absolute atomic E-state index is 0.0194. The van der Waals surface area contributed by atoms with Crippen LogP contribution in [0.25, 0.3) is 22.0 Å². The van der Waals surface area contributed by atoms with Gasteiger partial charge in [-0.1, -0.05) is 48.9 Å². The largest absolute Gasteiger partial charge is 0.415 e. The highest BCUT2D eigenvalue weighted by molar-refractivity contribution is 6.31. The summed E-state index contributed by atoms with van der Waals surface area (Å²) in [4.78, 5) is 14.3. The summed E-state index contributed by atoms with van der Waals surface area (Å²) in [7, 11) is 0. The fourth-order valence-corrected chi connectivity index (χ4v) is 4.32. The molecular weight excluding hydrogens is 451 g/mol. The van der Waals surface area contributed by atoms with Crippen LogP contribution in [0.5, 0.6) is 5.75 Å². The molecule has 6 heteroatoms. The third-order valence-electron chi connectivity index (χ3n) is 6.13. The van der Waals surface area contributed by atoms with E-state index in [2.05, 4.69) is 35.8 Å². The zero-order valence-electron chi connectivity index (χ0n) is 19.6. The van der Waals surface area contributed by atoms with Gasteiger partial charge in [0, 0.05) is 42.3 Å². The van der Waals surface area contributed by atoms with Gasteiger partial charge in [0.05, 0.1) is 5.02 Å². The van der Waals surface area contributed by atoms with E-state index < -0.39 is 11.9 Å². The molecule has 0 aliphatic rings. The van der Waals surface area contributed by atoms with Crippen molar-refractivity contribution in [2.24, 2.45) is 0 Å². The molecule has 4 nitrogen and oxygen atoms in total. The average molecular weight is 479 g/mol. The number of benzene rings is 3. The lowest BCUT2D eigenvalue weighted by molar-refractivity contribution is 0.157. The number of carbonyl (C=O) groups excluding carboxylic acids is 1. The lowest BCUT2D eigenvalue weighted by atomic mass is 10.0. The summed E-state index contributed by atoms with van der Waals surface area (Å²) in [6.07, 6.45) is 2.60. The van der Waals surface area contributed by atoms with Crippen molar-refractivity contribution in [3.8, 4) is 16.9 Å². The number of amides is 1. The molecule has 0 unspecified atom stereocenters.